The number of benzene rings is 1. The van der Waals surface area contributed by atoms with Crippen molar-refractivity contribution in [3.63, 3.8) is 0 Å². The molecule has 2 heterocycles. The third-order valence-corrected chi connectivity index (χ3v) is 3.17. The van der Waals surface area contributed by atoms with Gasteiger partial charge in [0.1, 0.15) is 11.4 Å². The van der Waals surface area contributed by atoms with Crippen molar-refractivity contribution < 1.29 is 4.74 Å². The Morgan fingerprint density at radius 3 is 2.71 bits per heavy atom. The lowest BCUT2D eigenvalue weighted by Crippen LogP contribution is -1.82. The van der Waals surface area contributed by atoms with Gasteiger partial charge in [0, 0.05) is 12.4 Å². The summed E-state index contributed by atoms with van der Waals surface area (Å²) in [5.74, 6) is 0.837. The van der Waals surface area contributed by atoms with Crippen molar-refractivity contribution in [2.75, 3.05) is 7.11 Å². The molecule has 0 fully saturated rings. The molecule has 0 atom stereocenters. The maximum absolute atomic E-state index is 8.89. The smallest absolute Gasteiger partial charge is 0.138 e. The number of nitrogens with zero attached hydrogens (tertiary/aromatic N) is 3. The third kappa shape index (κ3) is 2.77. The van der Waals surface area contributed by atoms with Crippen molar-refractivity contribution in [1.82, 2.24) is 9.38 Å². The van der Waals surface area contributed by atoms with Crippen LogP contribution >= 0.6 is 0 Å². The highest BCUT2D eigenvalue weighted by atomic mass is 16.5. The Morgan fingerprint density at radius 2 is 2.00 bits per heavy atom. The Kier molecular flexibility index (Phi) is 3.40. The lowest BCUT2D eigenvalue weighted by molar-refractivity contribution is 0.415. The van der Waals surface area contributed by atoms with Gasteiger partial charge in [-0.3, -0.25) is 0 Å². The fourth-order valence-electron chi connectivity index (χ4n) is 2.05. The Bertz CT molecular complexity index is 839. The van der Waals surface area contributed by atoms with E-state index in [9.17, 15) is 0 Å². The molecular formula is C17H13N3O. The fraction of sp³-hybridized carbons (Fsp3) is 0.0588. The van der Waals surface area contributed by atoms with Crippen LogP contribution in [-0.2, 0) is 0 Å². The molecule has 0 unspecified atom stereocenters. The minimum atomic E-state index is 0.610. The highest BCUT2D eigenvalue weighted by Gasteiger charge is 2.00. The van der Waals surface area contributed by atoms with Gasteiger partial charge in [-0.25, -0.2) is 4.98 Å². The van der Waals surface area contributed by atoms with Crippen LogP contribution in [0.1, 0.15) is 16.8 Å². The molecule has 0 bridgehead atoms. The molecule has 0 N–H and O–H groups in total. The Morgan fingerprint density at radius 1 is 1.19 bits per heavy atom. The second-order valence-corrected chi connectivity index (χ2v) is 4.56. The fourth-order valence-corrected chi connectivity index (χ4v) is 2.05. The van der Waals surface area contributed by atoms with Gasteiger partial charge >= 0.3 is 0 Å². The number of hydrogen-bond acceptors (Lipinski definition) is 3. The summed E-state index contributed by atoms with van der Waals surface area (Å²) in [5.41, 5.74) is 3.30. The van der Waals surface area contributed by atoms with Crippen LogP contribution in [0.2, 0.25) is 0 Å². The van der Waals surface area contributed by atoms with Gasteiger partial charge in [-0.05, 0) is 35.9 Å². The van der Waals surface area contributed by atoms with E-state index >= 15 is 0 Å². The molecule has 0 saturated carbocycles. The van der Waals surface area contributed by atoms with Crippen molar-refractivity contribution in [2.24, 2.45) is 0 Å². The van der Waals surface area contributed by atoms with Crippen molar-refractivity contribution in [1.29, 1.82) is 5.26 Å². The Hall–Kier alpha value is -3.06. The Balaban J connectivity index is 1.86. The molecule has 4 nitrogen and oxygen atoms in total. The predicted molar refractivity (Wildman–Crippen MR) is 81.8 cm³/mol. The van der Waals surface area contributed by atoms with Crippen LogP contribution in [0.4, 0.5) is 0 Å². The lowest BCUT2D eigenvalue weighted by Gasteiger charge is -1.98. The van der Waals surface area contributed by atoms with Gasteiger partial charge in [0.15, 0.2) is 0 Å². The molecule has 0 aliphatic carbocycles. The average Bonchev–Trinajstić information content (AvgIpc) is 2.95. The standard InChI is InChI=1S/C17H13N3O/c1-21-16-6-3-13(4-7-16)2-5-15-12-20-9-8-14(11-18)10-17(20)19-15/h2-10,12H,1H3/b5-2+. The van der Waals surface area contributed by atoms with Gasteiger partial charge < -0.3 is 9.14 Å². The van der Waals surface area contributed by atoms with Gasteiger partial charge in [0.2, 0.25) is 0 Å². The normalized spacial score (nSPS) is 10.9. The second-order valence-electron chi connectivity index (χ2n) is 4.56. The molecule has 0 aliphatic heterocycles. The summed E-state index contributed by atoms with van der Waals surface area (Å²) in [6.07, 6.45) is 7.70. The summed E-state index contributed by atoms with van der Waals surface area (Å²) >= 11 is 0. The van der Waals surface area contributed by atoms with Crippen LogP contribution < -0.4 is 4.74 Å². The van der Waals surface area contributed by atoms with E-state index in [-0.39, 0.29) is 0 Å². The van der Waals surface area contributed by atoms with Crippen LogP contribution in [0.3, 0.4) is 0 Å². The largest absolute Gasteiger partial charge is 0.497 e. The molecule has 4 heteroatoms. The molecule has 0 radical (unpaired) electrons. The third-order valence-electron chi connectivity index (χ3n) is 3.17. The zero-order valence-electron chi connectivity index (χ0n) is 11.5. The average molecular weight is 275 g/mol. The van der Waals surface area contributed by atoms with Gasteiger partial charge in [-0.1, -0.05) is 18.2 Å². The first-order valence-electron chi connectivity index (χ1n) is 6.49. The number of nitriles is 1. The van der Waals surface area contributed by atoms with Crippen LogP contribution in [0, 0.1) is 11.3 Å². The minimum absolute atomic E-state index is 0.610. The van der Waals surface area contributed by atoms with E-state index in [1.807, 2.05) is 53.2 Å². The first-order valence-corrected chi connectivity index (χ1v) is 6.49. The van der Waals surface area contributed by atoms with E-state index in [4.69, 9.17) is 10.00 Å². The summed E-state index contributed by atoms with van der Waals surface area (Å²) in [7, 11) is 1.65. The zero-order valence-corrected chi connectivity index (χ0v) is 11.5. The Labute approximate surface area is 122 Å². The van der Waals surface area contributed by atoms with Gasteiger partial charge in [0.05, 0.1) is 24.4 Å². The van der Waals surface area contributed by atoms with E-state index in [1.165, 1.54) is 0 Å². The number of rotatable bonds is 3. The van der Waals surface area contributed by atoms with Crippen molar-refractivity contribution in [2.45, 2.75) is 0 Å². The first kappa shape index (κ1) is 12.9. The van der Waals surface area contributed by atoms with E-state index in [2.05, 4.69) is 11.1 Å². The molecule has 102 valence electrons. The molecule has 0 amide bonds. The van der Waals surface area contributed by atoms with E-state index in [0.717, 1.165) is 22.7 Å². The van der Waals surface area contributed by atoms with Gasteiger partial charge in [-0.15, -0.1) is 0 Å². The summed E-state index contributed by atoms with van der Waals surface area (Å²) in [5, 5.41) is 8.89. The number of imidazole rings is 1. The van der Waals surface area contributed by atoms with E-state index < -0.39 is 0 Å². The van der Waals surface area contributed by atoms with Gasteiger partial charge in [0.25, 0.3) is 0 Å². The summed E-state index contributed by atoms with van der Waals surface area (Å²) in [6.45, 7) is 0. The zero-order chi connectivity index (χ0) is 14.7. The van der Waals surface area contributed by atoms with E-state index in [0.29, 0.717) is 5.56 Å². The SMILES string of the molecule is COc1ccc(/C=C/c2cn3ccc(C#N)cc3n2)cc1. The summed E-state index contributed by atoms with van der Waals surface area (Å²) in [6, 6.07) is 13.5. The molecule has 3 rings (SSSR count). The number of pyridine rings is 1. The second kappa shape index (κ2) is 5.51. The molecule has 0 spiro atoms. The number of ether oxygens (including phenoxy) is 1. The van der Waals surface area contributed by atoms with Crippen LogP contribution in [-0.4, -0.2) is 16.5 Å². The quantitative estimate of drug-likeness (QED) is 0.736. The molecule has 2 aromatic heterocycles. The van der Waals surface area contributed by atoms with Crippen molar-refractivity contribution >= 4 is 17.8 Å². The monoisotopic (exact) mass is 275 g/mol. The highest BCUT2D eigenvalue weighted by molar-refractivity contribution is 5.69. The molecule has 0 saturated heterocycles. The lowest BCUT2D eigenvalue weighted by atomic mass is 10.2. The summed E-state index contributed by atoms with van der Waals surface area (Å²) in [4.78, 5) is 4.47. The topological polar surface area (TPSA) is 50.3 Å². The maximum atomic E-state index is 8.89. The highest BCUT2D eigenvalue weighted by Crippen LogP contribution is 2.14. The molecular weight excluding hydrogens is 262 g/mol. The molecule has 1 aromatic carbocycles. The number of aromatic nitrogens is 2. The molecule has 3 aromatic rings. The predicted octanol–water partition coefficient (Wildman–Crippen LogP) is 3.38. The van der Waals surface area contributed by atoms with Crippen LogP contribution in [0.5, 0.6) is 5.75 Å². The number of hydrogen-bond donors (Lipinski definition) is 0. The minimum Gasteiger partial charge on any atom is -0.497 e. The maximum Gasteiger partial charge on any atom is 0.138 e. The van der Waals surface area contributed by atoms with Crippen molar-refractivity contribution in [3.05, 3.63) is 65.6 Å². The first-order chi connectivity index (χ1) is 10.3. The molecule has 0 aliphatic rings. The number of fused-ring (bicyclic) bond motifs is 1. The summed E-state index contributed by atoms with van der Waals surface area (Å²) < 4.78 is 7.02. The van der Waals surface area contributed by atoms with Crippen molar-refractivity contribution in [3.8, 4) is 11.8 Å². The van der Waals surface area contributed by atoms with Gasteiger partial charge in [-0.2, -0.15) is 5.26 Å². The molecule has 21 heavy (non-hydrogen) atoms. The van der Waals surface area contributed by atoms with Crippen LogP contribution in [0.25, 0.3) is 17.8 Å². The number of methoxy groups -OCH3 is 1. The van der Waals surface area contributed by atoms with E-state index in [1.54, 1.807) is 19.2 Å². The van der Waals surface area contributed by atoms with Crippen LogP contribution in [0.15, 0.2) is 48.8 Å².